The molecule has 0 atom stereocenters. The van der Waals surface area contributed by atoms with Gasteiger partial charge in [-0.15, -0.1) is 0 Å². The van der Waals surface area contributed by atoms with Gasteiger partial charge in [0.25, 0.3) is 5.69 Å². The Balaban J connectivity index is 1.52. The van der Waals surface area contributed by atoms with Crippen molar-refractivity contribution < 1.29 is 20.0 Å². The summed E-state index contributed by atoms with van der Waals surface area (Å²) in [6.07, 6.45) is 2.81. The number of nitrogens with one attached hydrogen (secondary N) is 1. The molecule has 0 unspecified atom stereocenters. The number of phenolic OH excluding ortho intramolecular Hbond substituents is 1. The van der Waals surface area contributed by atoms with Gasteiger partial charge in [0.15, 0.2) is 5.82 Å². The summed E-state index contributed by atoms with van der Waals surface area (Å²) in [4.78, 5) is 26.8. The lowest BCUT2D eigenvalue weighted by Crippen LogP contribution is -2.07. The average molecular weight is 416 g/mol. The molecule has 0 fully saturated rings. The second-order valence-corrected chi connectivity index (χ2v) is 6.64. The van der Waals surface area contributed by atoms with E-state index in [-0.39, 0.29) is 28.7 Å². The number of nitro benzene ring substituents is 1. The van der Waals surface area contributed by atoms with Gasteiger partial charge in [0.05, 0.1) is 10.4 Å². The quantitative estimate of drug-likeness (QED) is 0.193. The van der Waals surface area contributed by atoms with Crippen LogP contribution < -0.4 is 5.32 Å². The first kappa shape index (κ1) is 19.6. The summed E-state index contributed by atoms with van der Waals surface area (Å²) in [5.74, 6) is -0.0846. The topological polar surface area (TPSA) is 131 Å². The zero-order valence-electron chi connectivity index (χ0n) is 16.0. The molecule has 0 saturated carbocycles. The zero-order chi connectivity index (χ0) is 22.0. The minimum absolute atomic E-state index is 0.0770. The first-order chi connectivity index (χ1) is 14.9. The van der Waals surface area contributed by atoms with E-state index < -0.39 is 4.92 Å². The van der Waals surface area contributed by atoms with Crippen LogP contribution in [0.25, 0.3) is 28.5 Å². The van der Waals surface area contributed by atoms with Gasteiger partial charge >= 0.3 is 0 Å². The molecular formula is C22H16N4O5. The Labute approximate surface area is 175 Å². The number of amides is 1. The summed E-state index contributed by atoms with van der Waals surface area (Å²) in [6.45, 7) is 0. The van der Waals surface area contributed by atoms with Crippen LogP contribution in [-0.2, 0) is 4.79 Å². The fourth-order valence-electron chi connectivity index (χ4n) is 3.03. The van der Waals surface area contributed by atoms with Crippen LogP contribution in [0.5, 0.6) is 5.75 Å². The SMILES string of the molecule is O=C(/C=C/c1ccccc1O)Nc1ccc(-c2nc3ccc([N+](=O)[O-])cc3n2O)cc1. The second kappa shape index (κ2) is 7.99. The van der Waals surface area contributed by atoms with Crippen LogP contribution in [0.15, 0.2) is 72.8 Å². The molecule has 4 aromatic rings. The van der Waals surface area contributed by atoms with Crippen molar-refractivity contribution in [3.8, 4) is 17.1 Å². The van der Waals surface area contributed by atoms with E-state index in [1.54, 1.807) is 42.5 Å². The largest absolute Gasteiger partial charge is 0.507 e. The smallest absolute Gasteiger partial charge is 0.271 e. The maximum absolute atomic E-state index is 12.1. The van der Waals surface area contributed by atoms with E-state index in [0.29, 0.717) is 22.3 Å². The van der Waals surface area contributed by atoms with Crippen molar-refractivity contribution in [3.63, 3.8) is 0 Å². The number of aromatic nitrogens is 2. The zero-order valence-corrected chi connectivity index (χ0v) is 16.0. The molecule has 3 N–H and O–H groups in total. The number of rotatable bonds is 5. The van der Waals surface area contributed by atoms with Crippen LogP contribution in [-0.4, -0.2) is 30.9 Å². The Morgan fingerprint density at radius 3 is 2.55 bits per heavy atom. The lowest BCUT2D eigenvalue weighted by Gasteiger charge is -2.05. The van der Waals surface area contributed by atoms with Crippen LogP contribution >= 0.6 is 0 Å². The van der Waals surface area contributed by atoms with Crippen LogP contribution in [0, 0.1) is 10.1 Å². The van der Waals surface area contributed by atoms with Crippen molar-refractivity contribution in [1.82, 2.24) is 9.71 Å². The average Bonchev–Trinajstić information content (AvgIpc) is 3.09. The summed E-state index contributed by atoms with van der Waals surface area (Å²) in [5, 5.41) is 33.8. The first-order valence-corrected chi connectivity index (χ1v) is 9.16. The van der Waals surface area contributed by atoms with Gasteiger partial charge in [0, 0.05) is 35.0 Å². The summed E-state index contributed by atoms with van der Waals surface area (Å²) >= 11 is 0. The number of imidazole rings is 1. The van der Waals surface area contributed by atoms with Gasteiger partial charge in [-0.1, -0.05) is 18.2 Å². The van der Waals surface area contributed by atoms with Gasteiger partial charge in [0.2, 0.25) is 5.91 Å². The first-order valence-electron chi connectivity index (χ1n) is 9.16. The highest BCUT2D eigenvalue weighted by Gasteiger charge is 2.15. The third-order valence-corrected chi connectivity index (χ3v) is 4.59. The Hall–Kier alpha value is -4.66. The van der Waals surface area contributed by atoms with Gasteiger partial charge in [-0.2, -0.15) is 4.73 Å². The summed E-state index contributed by atoms with van der Waals surface area (Å²) in [7, 11) is 0. The van der Waals surface area contributed by atoms with Crippen molar-refractivity contribution in [2.75, 3.05) is 5.32 Å². The predicted octanol–water partition coefficient (Wildman–Crippen LogP) is 4.21. The van der Waals surface area contributed by atoms with Crippen molar-refractivity contribution in [1.29, 1.82) is 0 Å². The minimum atomic E-state index is -0.544. The van der Waals surface area contributed by atoms with Gasteiger partial charge in [0.1, 0.15) is 11.3 Å². The monoisotopic (exact) mass is 416 g/mol. The fraction of sp³-hybridized carbons (Fsp3) is 0. The van der Waals surface area contributed by atoms with E-state index in [9.17, 15) is 25.2 Å². The molecule has 3 aromatic carbocycles. The van der Waals surface area contributed by atoms with E-state index in [4.69, 9.17) is 0 Å². The van der Waals surface area contributed by atoms with Crippen molar-refractivity contribution in [2.45, 2.75) is 0 Å². The maximum Gasteiger partial charge on any atom is 0.271 e. The van der Waals surface area contributed by atoms with Gasteiger partial charge in [-0.3, -0.25) is 14.9 Å². The molecule has 9 heteroatoms. The van der Waals surface area contributed by atoms with Gasteiger partial charge < -0.3 is 15.6 Å². The molecular weight excluding hydrogens is 400 g/mol. The number of nitrogens with zero attached hydrogens (tertiary/aromatic N) is 3. The number of para-hydroxylation sites is 1. The highest BCUT2D eigenvalue weighted by molar-refractivity contribution is 6.02. The summed E-state index contributed by atoms with van der Waals surface area (Å²) in [5.41, 5.74) is 2.08. The number of fused-ring (bicyclic) bond motifs is 1. The number of carbonyl (C=O) groups excluding carboxylic acids is 1. The van der Waals surface area contributed by atoms with E-state index in [1.807, 2.05) is 0 Å². The molecule has 0 aliphatic heterocycles. The fourth-order valence-corrected chi connectivity index (χ4v) is 3.03. The number of hydrogen-bond donors (Lipinski definition) is 3. The molecule has 0 aliphatic carbocycles. The number of benzene rings is 3. The van der Waals surface area contributed by atoms with Crippen molar-refractivity contribution >= 4 is 34.4 Å². The van der Waals surface area contributed by atoms with E-state index >= 15 is 0 Å². The molecule has 0 saturated heterocycles. The third kappa shape index (κ3) is 4.06. The van der Waals surface area contributed by atoms with Gasteiger partial charge in [-0.05, 0) is 42.5 Å². The lowest BCUT2D eigenvalue weighted by molar-refractivity contribution is -0.384. The number of hydrogen-bond acceptors (Lipinski definition) is 6. The highest BCUT2D eigenvalue weighted by Crippen LogP contribution is 2.27. The van der Waals surface area contributed by atoms with E-state index in [0.717, 1.165) is 4.73 Å². The van der Waals surface area contributed by atoms with Crippen LogP contribution in [0.4, 0.5) is 11.4 Å². The maximum atomic E-state index is 12.1. The Morgan fingerprint density at radius 1 is 1.10 bits per heavy atom. The molecule has 9 nitrogen and oxygen atoms in total. The standard InChI is InChI=1S/C22H16N4O5/c27-20-4-2-1-3-14(20)7-12-21(28)23-16-8-5-15(6-9-16)22-24-18-11-10-17(26(30)31)13-19(18)25(22)29/h1-13,27,29H,(H,23,28)/b12-7+. The van der Waals surface area contributed by atoms with Crippen LogP contribution in [0.1, 0.15) is 5.56 Å². The van der Waals surface area contributed by atoms with Gasteiger partial charge in [-0.25, -0.2) is 4.98 Å². The van der Waals surface area contributed by atoms with E-state index in [2.05, 4.69) is 10.3 Å². The third-order valence-electron chi connectivity index (χ3n) is 4.59. The number of nitro groups is 1. The lowest BCUT2D eigenvalue weighted by atomic mass is 10.2. The van der Waals surface area contributed by atoms with Crippen molar-refractivity contribution in [3.05, 3.63) is 88.5 Å². The minimum Gasteiger partial charge on any atom is -0.507 e. The molecule has 31 heavy (non-hydrogen) atoms. The molecule has 0 radical (unpaired) electrons. The number of non-ortho nitro benzene ring substituents is 1. The molecule has 1 aromatic heterocycles. The molecule has 0 bridgehead atoms. The summed E-state index contributed by atoms with van der Waals surface area (Å²) < 4.78 is 0.797. The number of anilines is 1. The van der Waals surface area contributed by atoms with Crippen molar-refractivity contribution in [2.24, 2.45) is 0 Å². The molecule has 1 heterocycles. The number of carbonyl (C=O) groups is 1. The summed E-state index contributed by atoms with van der Waals surface area (Å²) in [6, 6.07) is 17.3. The molecule has 0 spiro atoms. The molecule has 4 rings (SSSR count). The highest BCUT2D eigenvalue weighted by atomic mass is 16.6. The van der Waals surface area contributed by atoms with E-state index in [1.165, 1.54) is 36.4 Å². The molecule has 154 valence electrons. The number of phenols is 1. The molecule has 0 aliphatic rings. The number of aromatic hydroxyl groups is 1. The Kier molecular flexibility index (Phi) is 5.07. The normalized spacial score (nSPS) is 11.1. The van der Waals surface area contributed by atoms with Crippen LogP contribution in [0.3, 0.4) is 0 Å². The predicted molar refractivity (Wildman–Crippen MR) is 115 cm³/mol. The molecule has 1 amide bonds. The Morgan fingerprint density at radius 2 is 1.84 bits per heavy atom. The Bertz CT molecular complexity index is 1330. The van der Waals surface area contributed by atoms with Crippen LogP contribution in [0.2, 0.25) is 0 Å². The second-order valence-electron chi connectivity index (χ2n) is 6.64.